The molecule has 14 heavy (non-hydrogen) atoms. The summed E-state index contributed by atoms with van der Waals surface area (Å²) in [5.74, 6) is 0. The molecule has 1 atom stereocenters. The molecule has 0 aliphatic heterocycles. The number of hydrogen-bond acceptors (Lipinski definition) is 3. The van der Waals surface area contributed by atoms with Crippen LogP contribution in [0.25, 0.3) is 4.96 Å². The monoisotopic (exact) mass is 217 g/mol. The van der Waals surface area contributed by atoms with Crippen LogP contribution in [-0.2, 0) is 6.42 Å². The van der Waals surface area contributed by atoms with Crippen LogP contribution in [0.1, 0.15) is 5.69 Å². The van der Waals surface area contributed by atoms with Crippen molar-refractivity contribution in [2.75, 3.05) is 0 Å². The van der Waals surface area contributed by atoms with Gasteiger partial charge < -0.3 is 5.73 Å². The molecule has 0 aliphatic carbocycles. The lowest BCUT2D eigenvalue weighted by Gasteiger charge is -2.06. The summed E-state index contributed by atoms with van der Waals surface area (Å²) in [6.45, 7) is 0. The minimum Gasteiger partial charge on any atom is -0.323 e. The summed E-state index contributed by atoms with van der Waals surface area (Å²) in [6, 6.07) is -1.13. The van der Waals surface area contributed by atoms with Crippen molar-refractivity contribution in [1.82, 2.24) is 9.38 Å². The predicted molar refractivity (Wildman–Crippen MR) is 50.8 cm³/mol. The van der Waals surface area contributed by atoms with Gasteiger partial charge in [0.05, 0.1) is 11.7 Å². The molecule has 1 unspecified atom stereocenters. The van der Waals surface area contributed by atoms with Crippen LogP contribution in [0.5, 0.6) is 0 Å². The fraction of sp³-hybridized carbons (Fsp3) is 0.375. The number of nitrogens with two attached hydrogens (primary N) is 1. The van der Waals surface area contributed by atoms with Crippen molar-refractivity contribution in [1.29, 1.82) is 0 Å². The lowest BCUT2D eigenvalue weighted by atomic mass is 10.2. The first-order valence-corrected chi connectivity index (χ1v) is 4.99. The minimum absolute atomic E-state index is 0.117. The Morgan fingerprint density at radius 3 is 3.00 bits per heavy atom. The number of aromatic nitrogens is 2. The summed E-state index contributed by atoms with van der Waals surface area (Å²) in [7, 11) is 0. The van der Waals surface area contributed by atoms with Crippen molar-refractivity contribution in [2.24, 2.45) is 5.73 Å². The quantitative estimate of drug-likeness (QED) is 0.847. The number of fused-ring (bicyclic) bond motifs is 1. The molecule has 3 nitrogen and oxygen atoms in total. The molecule has 0 aliphatic rings. The van der Waals surface area contributed by atoms with Crippen molar-refractivity contribution in [3.63, 3.8) is 0 Å². The molecule has 0 saturated carbocycles. The minimum atomic E-state index is -2.49. The summed E-state index contributed by atoms with van der Waals surface area (Å²) >= 11 is 1.47. The van der Waals surface area contributed by atoms with Gasteiger partial charge in [-0.25, -0.2) is 13.8 Å². The smallest absolute Gasteiger partial charge is 0.253 e. The van der Waals surface area contributed by atoms with Gasteiger partial charge in [-0.15, -0.1) is 11.3 Å². The Morgan fingerprint density at radius 2 is 2.36 bits per heavy atom. The topological polar surface area (TPSA) is 43.3 Å². The zero-order chi connectivity index (χ0) is 10.1. The Kier molecular flexibility index (Phi) is 2.47. The van der Waals surface area contributed by atoms with E-state index in [0.717, 1.165) is 4.96 Å². The molecule has 2 rings (SSSR count). The second kappa shape index (κ2) is 3.62. The Labute approximate surface area is 83.2 Å². The fourth-order valence-corrected chi connectivity index (χ4v) is 1.92. The van der Waals surface area contributed by atoms with Crippen LogP contribution >= 0.6 is 11.3 Å². The van der Waals surface area contributed by atoms with Crippen molar-refractivity contribution in [3.05, 3.63) is 23.5 Å². The zero-order valence-electron chi connectivity index (χ0n) is 7.23. The van der Waals surface area contributed by atoms with E-state index in [-0.39, 0.29) is 6.42 Å². The Morgan fingerprint density at radius 1 is 1.57 bits per heavy atom. The van der Waals surface area contributed by atoms with E-state index in [4.69, 9.17) is 5.73 Å². The SMILES string of the molecule is NC(Cc1cn2ccsc2n1)C(F)F. The van der Waals surface area contributed by atoms with Crippen LogP contribution in [0, 0.1) is 0 Å². The molecule has 0 amide bonds. The average Bonchev–Trinajstić information content (AvgIpc) is 2.63. The van der Waals surface area contributed by atoms with E-state index in [1.165, 1.54) is 11.3 Å². The number of nitrogens with zero attached hydrogens (tertiary/aromatic N) is 2. The van der Waals surface area contributed by atoms with E-state index in [9.17, 15) is 8.78 Å². The van der Waals surface area contributed by atoms with E-state index in [1.807, 2.05) is 11.6 Å². The first kappa shape index (κ1) is 9.54. The molecule has 2 heterocycles. The Hall–Kier alpha value is -1.01. The van der Waals surface area contributed by atoms with Gasteiger partial charge in [-0.3, -0.25) is 4.40 Å². The molecule has 0 radical (unpaired) electrons. The molecule has 0 saturated heterocycles. The van der Waals surface area contributed by atoms with Gasteiger partial charge in [-0.2, -0.15) is 0 Å². The van der Waals surface area contributed by atoms with Gasteiger partial charge in [-0.05, 0) is 0 Å². The third kappa shape index (κ3) is 1.76. The van der Waals surface area contributed by atoms with Crippen LogP contribution in [-0.4, -0.2) is 21.9 Å². The van der Waals surface area contributed by atoms with Gasteiger partial charge in [-0.1, -0.05) is 0 Å². The maximum Gasteiger partial charge on any atom is 0.253 e. The van der Waals surface area contributed by atoms with Crippen LogP contribution in [0.4, 0.5) is 8.78 Å². The summed E-state index contributed by atoms with van der Waals surface area (Å²) in [5.41, 5.74) is 5.86. The van der Waals surface area contributed by atoms with Gasteiger partial charge in [0, 0.05) is 24.2 Å². The second-order valence-corrected chi connectivity index (χ2v) is 3.90. The molecular weight excluding hydrogens is 208 g/mol. The van der Waals surface area contributed by atoms with Crippen molar-refractivity contribution in [3.8, 4) is 0 Å². The Bertz CT molecular complexity index is 394. The molecule has 76 valence electrons. The number of halogens is 2. The second-order valence-electron chi connectivity index (χ2n) is 3.03. The molecule has 2 aromatic heterocycles. The first-order chi connectivity index (χ1) is 6.66. The van der Waals surface area contributed by atoms with Crippen LogP contribution in [0.15, 0.2) is 17.8 Å². The maximum atomic E-state index is 12.1. The summed E-state index contributed by atoms with van der Waals surface area (Å²) in [6.07, 6.45) is 1.19. The molecule has 0 aromatic carbocycles. The van der Waals surface area contributed by atoms with Crippen LogP contribution in [0.3, 0.4) is 0 Å². The highest BCUT2D eigenvalue weighted by Gasteiger charge is 2.17. The predicted octanol–water partition coefficient (Wildman–Crippen LogP) is 1.53. The van der Waals surface area contributed by atoms with Gasteiger partial charge in [0.2, 0.25) is 0 Å². The maximum absolute atomic E-state index is 12.1. The standard InChI is InChI=1S/C8H9F2N3S/c9-7(10)6(11)3-5-4-13-1-2-14-8(13)12-5/h1-2,4,6-7H,3,11H2. The van der Waals surface area contributed by atoms with Crippen LogP contribution < -0.4 is 5.73 Å². The van der Waals surface area contributed by atoms with Gasteiger partial charge in [0.25, 0.3) is 6.43 Å². The molecule has 6 heteroatoms. The molecule has 0 fully saturated rings. The number of thiazole rings is 1. The lowest BCUT2D eigenvalue weighted by molar-refractivity contribution is 0.115. The van der Waals surface area contributed by atoms with Crippen molar-refractivity contribution in [2.45, 2.75) is 18.9 Å². The highest BCUT2D eigenvalue weighted by atomic mass is 32.1. The van der Waals surface area contributed by atoms with Crippen molar-refractivity contribution < 1.29 is 8.78 Å². The van der Waals surface area contributed by atoms with Crippen molar-refractivity contribution >= 4 is 16.3 Å². The average molecular weight is 217 g/mol. The van der Waals surface area contributed by atoms with E-state index in [1.54, 1.807) is 10.6 Å². The van der Waals surface area contributed by atoms with Crippen LogP contribution in [0.2, 0.25) is 0 Å². The number of alkyl halides is 2. The highest BCUT2D eigenvalue weighted by Crippen LogP contribution is 2.13. The number of imidazole rings is 1. The summed E-state index contributed by atoms with van der Waals surface area (Å²) in [5, 5.41) is 1.89. The number of rotatable bonds is 3. The number of hydrogen-bond donors (Lipinski definition) is 1. The van der Waals surface area contributed by atoms with E-state index in [2.05, 4.69) is 4.98 Å². The highest BCUT2D eigenvalue weighted by molar-refractivity contribution is 7.15. The van der Waals surface area contributed by atoms with Gasteiger partial charge >= 0.3 is 0 Å². The normalized spacial score (nSPS) is 14.0. The van der Waals surface area contributed by atoms with E-state index >= 15 is 0 Å². The molecular formula is C8H9F2N3S. The molecule has 2 N–H and O–H groups in total. The molecule has 0 bridgehead atoms. The summed E-state index contributed by atoms with van der Waals surface area (Å²) < 4.78 is 26.1. The fourth-order valence-electron chi connectivity index (χ4n) is 1.21. The first-order valence-electron chi connectivity index (χ1n) is 4.11. The third-order valence-electron chi connectivity index (χ3n) is 1.91. The largest absolute Gasteiger partial charge is 0.323 e. The zero-order valence-corrected chi connectivity index (χ0v) is 8.05. The third-order valence-corrected chi connectivity index (χ3v) is 2.68. The van der Waals surface area contributed by atoms with E-state index < -0.39 is 12.5 Å². The van der Waals surface area contributed by atoms with Gasteiger partial charge in [0.15, 0.2) is 4.96 Å². The van der Waals surface area contributed by atoms with Gasteiger partial charge in [0.1, 0.15) is 0 Å². The lowest BCUT2D eigenvalue weighted by Crippen LogP contribution is -2.31. The molecule has 0 spiro atoms. The Balaban J connectivity index is 2.15. The molecule has 2 aromatic rings. The summed E-state index contributed by atoms with van der Waals surface area (Å²) in [4.78, 5) is 4.97. The van der Waals surface area contributed by atoms with E-state index in [0.29, 0.717) is 5.69 Å².